The smallest absolute Gasteiger partial charge is 0.253 e. The van der Waals surface area contributed by atoms with Crippen LogP contribution in [-0.4, -0.2) is 52.3 Å². The number of likely N-dealkylation sites (N-methyl/N-ethyl adjacent to an activating group) is 1. The zero-order valence-corrected chi connectivity index (χ0v) is 16.2. The number of ether oxygens (including phenoxy) is 4. The lowest BCUT2D eigenvalue weighted by atomic mass is 10.1. The van der Waals surface area contributed by atoms with Gasteiger partial charge < -0.3 is 29.6 Å². The lowest BCUT2D eigenvalue weighted by molar-refractivity contribution is 0.0744. The highest BCUT2D eigenvalue weighted by Crippen LogP contribution is 2.37. The number of amides is 1. The van der Waals surface area contributed by atoms with Crippen LogP contribution in [0.1, 0.15) is 15.9 Å². The molecular weight excluding hydrogens is 348 g/mol. The van der Waals surface area contributed by atoms with Crippen LogP contribution >= 0.6 is 0 Å². The van der Waals surface area contributed by atoms with E-state index in [4.69, 9.17) is 24.7 Å². The van der Waals surface area contributed by atoms with E-state index < -0.39 is 0 Å². The molecule has 2 N–H and O–H groups in total. The molecule has 7 nitrogen and oxygen atoms in total. The third-order valence-corrected chi connectivity index (χ3v) is 4.07. The van der Waals surface area contributed by atoms with E-state index in [-0.39, 0.29) is 5.91 Å². The molecule has 0 saturated carbocycles. The maximum atomic E-state index is 12.5. The molecule has 0 radical (unpaired) electrons. The Kier molecular flexibility index (Phi) is 7.45. The summed E-state index contributed by atoms with van der Waals surface area (Å²) in [6, 6.07) is 10.5. The van der Waals surface area contributed by atoms with Crippen molar-refractivity contribution < 1.29 is 23.7 Å². The maximum Gasteiger partial charge on any atom is 0.253 e. The van der Waals surface area contributed by atoms with Crippen molar-refractivity contribution in [3.05, 3.63) is 47.5 Å². The van der Waals surface area contributed by atoms with Gasteiger partial charge in [0.05, 0.1) is 20.8 Å². The predicted octanol–water partition coefficient (Wildman–Crippen LogP) is 2.67. The number of rotatable bonds is 9. The quantitative estimate of drug-likeness (QED) is 0.727. The minimum absolute atomic E-state index is 0.123. The second-order valence-electron chi connectivity index (χ2n) is 5.88. The Morgan fingerprint density at radius 3 is 2.19 bits per heavy atom. The van der Waals surface area contributed by atoms with Gasteiger partial charge in [0.15, 0.2) is 23.0 Å². The predicted molar refractivity (Wildman–Crippen MR) is 103 cm³/mol. The van der Waals surface area contributed by atoms with Crippen molar-refractivity contribution in [1.29, 1.82) is 0 Å². The maximum absolute atomic E-state index is 12.5. The minimum Gasteiger partial charge on any atom is -0.493 e. The molecule has 0 spiro atoms. The SMILES string of the molecule is COCCN(C)C(=O)c1ccc(Oc2ccc(CN)cc2OC)c(OC)c1. The Labute approximate surface area is 159 Å². The molecule has 0 aliphatic carbocycles. The molecule has 2 aromatic rings. The van der Waals surface area contributed by atoms with Crippen LogP contribution in [0.5, 0.6) is 23.0 Å². The molecule has 0 saturated heterocycles. The molecule has 0 atom stereocenters. The molecule has 0 unspecified atom stereocenters. The third-order valence-electron chi connectivity index (χ3n) is 4.07. The van der Waals surface area contributed by atoms with Gasteiger partial charge in [-0.05, 0) is 35.9 Å². The van der Waals surface area contributed by atoms with Crippen LogP contribution in [0.25, 0.3) is 0 Å². The van der Waals surface area contributed by atoms with Gasteiger partial charge >= 0.3 is 0 Å². The second-order valence-corrected chi connectivity index (χ2v) is 5.88. The minimum atomic E-state index is -0.123. The van der Waals surface area contributed by atoms with Crippen LogP contribution in [0, 0.1) is 0 Å². The monoisotopic (exact) mass is 374 g/mol. The normalized spacial score (nSPS) is 10.4. The zero-order chi connectivity index (χ0) is 19.8. The fraction of sp³-hybridized carbons (Fsp3) is 0.350. The van der Waals surface area contributed by atoms with E-state index in [1.165, 1.54) is 7.11 Å². The van der Waals surface area contributed by atoms with E-state index in [1.54, 1.807) is 50.4 Å². The van der Waals surface area contributed by atoms with E-state index in [0.717, 1.165) is 5.56 Å². The van der Waals surface area contributed by atoms with Crippen LogP contribution in [0.15, 0.2) is 36.4 Å². The first-order valence-corrected chi connectivity index (χ1v) is 8.51. The lowest BCUT2D eigenvalue weighted by Gasteiger charge is -2.18. The topological polar surface area (TPSA) is 83.2 Å². The molecule has 27 heavy (non-hydrogen) atoms. The van der Waals surface area contributed by atoms with Crippen LogP contribution in [-0.2, 0) is 11.3 Å². The van der Waals surface area contributed by atoms with Crippen molar-refractivity contribution in [2.75, 3.05) is 41.5 Å². The van der Waals surface area contributed by atoms with Crippen molar-refractivity contribution >= 4 is 5.91 Å². The number of hydrogen-bond donors (Lipinski definition) is 1. The highest BCUT2D eigenvalue weighted by atomic mass is 16.5. The molecule has 0 aliphatic heterocycles. The Balaban J connectivity index is 2.25. The number of hydrogen-bond acceptors (Lipinski definition) is 6. The summed E-state index contributed by atoms with van der Waals surface area (Å²) in [4.78, 5) is 14.1. The van der Waals surface area contributed by atoms with Crippen LogP contribution in [0.3, 0.4) is 0 Å². The molecule has 0 aliphatic rings. The number of nitrogens with zero attached hydrogens (tertiary/aromatic N) is 1. The molecule has 0 aromatic heterocycles. The van der Waals surface area contributed by atoms with Gasteiger partial charge in [0.2, 0.25) is 0 Å². The summed E-state index contributed by atoms with van der Waals surface area (Å²) in [5.74, 6) is 1.91. The van der Waals surface area contributed by atoms with Crippen LogP contribution in [0.4, 0.5) is 0 Å². The number of methoxy groups -OCH3 is 3. The number of nitrogens with two attached hydrogens (primary N) is 1. The fourth-order valence-corrected chi connectivity index (χ4v) is 2.48. The van der Waals surface area contributed by atoms with Gasteiger partial charge in [0, 0.05) is 32.8 Å². The molecule has 0 bridgehead atoms. The highest BCUT2D eigenvalue weighted by Gasteiger charge is 2.16. The van der Waals surface area contributed by atoms with Crippen molar-refractivity contribution in [2.24, 2.45) is 5.73 Å². The Hall–Kier alpha value is -2.77. The van der Waals surface area contributed by atoms with E-state index >= 15 is 0 Å². The van der Waals surface area contributed by atoms with E-state index in [9.17, 15) is 4.79 Å². The molecule has 2 rings (SSSR count). The molecular formula is C20H26N2O5. The molecule has 146 valence electrons. The molecule has 2 aromatic carbocycles. The summed E-state index contributed by atoms with van der Waals surface area (Å²) in [6.07, 6.45) is 0. The van der Waals surface area contributed by atoms with Gasteiger partial charge in [-0.3, -0.25) is 4.79 Å². The first-order chi connectivity index (χ1) is 13.0. The second kappa shape index (κ2) is 9.80. The van der Waals surface area contributed by atoms with Crippen LogP contribution in [0.2, 0.25) is 0 Å². The fourth-order valence-electron chi connectivity index (χ4n) is 2.48. The zero-order valence-electron chi connectivity index (χ0n) is 16.2. The molecule has 0 heterocycles. The van der Waals surface area contributed by atoms with Crippen molar-refractivity contribution in [3.8, 4) is 23.0 Å². The number of carbonyl (C=O) groups is 1. The van der Waals surface area contributed by atoms with Gasteiger partial charge in [-0.25, -0.2) is 0 Å². The standard InChI is InChI=1S/C20H26N2O5/c1-22(9-10-24-2)20(23)15-6-8-17(19(12-15)26-4)27-16-7-5-14(13-21)11-18(16)25-3/h5-8,11-12H,9-10,13,21H2,1-4H3. The average molecular weight is 374 g/mol. The Morgan fingerprint density at radius 2 is 1.59 bits per heavy atom. The largest absolute Gasteiger partial charge is 0.493 e. The van der Waals surface area contributed by atoms with Gasteiger partial charge in [0.1, 0.15) is 0 Å². The Morgan fingerprint density at radius 1 is 0.963 bits per heavy atom. The lowest BCUT2D eigenvalue weighted by Crippen LogP contribution is -2.29. The summed E-state index contributed by atoms with van der Waals surface area (Å²) >= 11 is 0. The summed E-state index contributed by atoms with van der Waals surface area (Å²) in [6.45, 7) is 1.38. The summed E-state index contributed by atoms with van der Waals surface area (Å²) < 4.78 is 21.7. The van der Waals surface area contributed by atoms with E-state index in [2.05, 4.69) is 0 Å². The third kappa shape index (κ3) is 5.12. The van der Waals surface area contributed by atoms with Crippen molar-refractivity contribution in [3.63, 3.8) is 0 Å². The first kappa shape index (κ1) is 20.5. The van der Waals surface area contributed by atoms with E-state index in [1.807, 2.05) is 12.1 Å². The number of carbonyl (C=O) groups excluding carboxylic acids is 1. The summed E-state index contributed by atoms with van der Waals surface area (Å²) in [7, 11) is 6.42. The van der Waals surface area contributed by atoms with Gasteiger partial charge in [-0.1, -0.05) is 6.07 Å². The molecule has 7 heteroatoms. The van der Waals surface area contributed by atoms with Gasteiger partial charge in [-0.15, -0.1) is 0 Å². The summed E-state index contributed by atoms with van der Waals surface area (Å²) in [5.41, 5.74) is 7.10. The first-order valence-electron chi connectivity index (χ1n) is 8.51. The Bertz CT molecular complexity index is 779. The van der Waals surface area contributed by atoms with Crippen molar-refractivity contribution in [1.82, 2.24) is 4.90 Å². The van der Waals surface area contributed by atoms with Crippen molar-refractivity contribution in [2.45, 2.75) is 6.54 Å². The molecule has 0 fully saturated rings. The highest BCUT2D eigenvalue weighted by molar-refractivity contribution is 5.94. The average Bonchev–Trinajstić information content (AvgIpc) is 2.71. The summed E-state index contributed by atoms with van der Waals surface area (Å²) in [5, 5.41) is 0. The van der Waals surface area contributed by atoms with E-state index in [0.29, 0.717) is 48.3 Å². The molecule has 1 amide bonds. The number of benzene rings is 2. The van der Waals surface area contributed by atoms with Gasteiger partial charge in [-0.2, -0.15) is 0 Å². The van der Waals surface area contributed by atoms with Gasteiger partial charge in [0.25, 0.3) is 5.91 Å². The van der Waals surface area contributed by atoms with Crippen LogP contribution < -0.4 is 19.9 Å².